The molecule has 0 aliphatic heterocycles. The highest BCUT2D eigenvalue weighted by Gasteiger charge is 2.17. The number of carbonyl (C=O) groups excluding carboxylic acids is 2. The Kier molecular flexibility index (Phi) is 6.45. The number of anilines is 1. The van der Waals surface area contributed by atoms with Crippen LogP contribution in [0.4, 0.5) is 5.69 Å². The van der Waals surface area contributed by atoms with Gasteiger partial charge in [-0.05, 0) is 43.3 Å². The van der Waals surface area contributed by atoms with Gasteiger partial charge in [0.15, 0.2) is 0 Å². The van der Waals surface area contributed by atoms with Crippen molar-refractivity contribution < 1.29 is 14.3 Å². The molecule has 128 valence electrons. The molecular formula is C18H15ClN2O3S. The van der Waals surface area contributed by atoms with E-state index in [2.05, 4.69) is 10.1 Å². The molecule has 0 radical (unpaired) electrons. The number of methoxy groups -OCH3 is 1. The van der Waals surface area contributed by atoms with Crippen LogP contribution in [0.3, 0.4) is 0 Å². The quantitative estimate of drug-likeness (QED) is 0.629. The molecule has 0 spiro atoms. The van der Waals surface area contributed by atoms with E-state index in [0.29, 0.717) is 16.3 Å². The number of benzene rings is 2. The van der Waals surface area contributed by atoms with Gasteiger partial charge in [0.25, 0.3) is 0 Å². The normalized spacial score (nSPS) is 11.3. The summed E-state index contributed by atoms with van der Waals surface area (Å²) in [5.74, 6) is -0.743. The second-order valence-electron chi connectivity index (χ2n) is 5.08. The molecule has 0 fully saturated rings. The summed E-state index contributed by atoms with van der Waals surface area (Å²) in [5, 5.41) is 11.5. The third-order valence-corrected chi connectivity index (χ3v) is 4.71. The van der Waals surface area contributed by atoms with Gasteiger partial charge in [0.2, 0.25) is 5.91 Å². The standard InChI is InChI=1S/C18H15ClN2O3S/c1-11(17(22)21-13-5-3-4-12(8-13)10-20)25-14-6-7-16(19)15(9-14)18(23)24-2/h3-9,11H,1-2H3,(H,21,22)/t11-/m1/s1. The Morgan fingerprint density at radius 2 is 2.04 bits per heavy atom. The molecule has 5 nitrogen and oxygen atoms in total. The molecule has 2 rings (SSSR count). The summed E-state index contributed by atoms with van der Waals surface area (Å²) in [7, 11) is 1.28. The lowest BCUT2D eigenvalue weighted by molar-refractivity contribution is -0.115. The maximum Gasteiger partial charge on any atom is 0.339 e. The highest BCUT2D eigenvalue weighted by atomic mass is 35.5. The van der Waals surface area contributed by atoms with Crippen molar-refractivity contribution in [1.29, 1.82) is 5.26 Å². The van der Waals surface area contributed by atoms with Crippen LogP contribution in [0.1, 0.15) is 22.8 Å². The Morgan fingerprint density at radius 1 is 1.28 bits per heavy atom. The van der Waals surface area contributed by atoms with Crippen LogP contribution in [-0.4, -0.2) is 24.2 Å². The van der Waals surface area contributed by atoms with Crippen LogP contribution in [0.25, 0.3) is 0 Å². The van der Waals surface area contributed by atoms with E-state index in [4.69, 9.17) is 16.9 Å². The first-order valence-corrected chi connectivity index (χ1v) is 8.56. The molecule has 2 aromatic carbocycles. The van der Waals surface area contributed by atoms with Gasteiger partial charge in [-0.3, -0.25) is 4.79 Å². The van der Waals surface area contributed by atoms with E-state index in [1.807, 2.05) is 6.07 Å². The number of nitrogens with zero attached hydrogens (tertiary/aromatic N) is 1. The topological polar surface area (TPSA) is 79.2 Å². The van der Waals surface area contributed by atoms with Crippen molar-refractivity contribution in [3.8, 4) is 6.07 Å². The second-order valence-corrected chi connectivity index (χ2v) is 6.90. The van der Waals surface area contributed by atoms with Gasteiger partial charge in [-0.25, -0.2) is 4.79 Å². The molecular weight excluding hydrogens is 360 g/mol. The van der Waals surface area contributed by atoms with Crippen LogP contribution in [0.2, 0.25) is 5.02 Å². The number of hydrogen-bond donors (Lipinski definition) is 1. The second kappa shape index (κ2) is 8.56. The summed E-state index contributed by atoms with van der Waals surface area (Å²) in [4.78, 5) is 24.7. The number of amides is 1. The predicted octanol–water partition coefficient (Wildman–Crippen LogP) is 4.12. The minimum absolute atomic E-state index is 0.213. The number of thioether (sulfide) groups is 1. The van der Waals surface area contributed by atoms with Gasteiger partial charge in [-0.15, -0.1) is 11.8 Å². The number of nitrogens with one attached hydrogen (secondary N) is 1. The van der Waals surface area contributed by atoms with E-state index in [9.17, 15) is 9.59 Å². The average molecular weight is 375 g/mol. The van der Waals surface area contributed by atoms with Gasteiger partial charge in [0, 0.05) is 10.6 Å². The average Bonchev–Trinajstić information content (AvgIpc) is 2.62. The van der Waals surface area contributed by atoms with Crippen molar-refractivity contribution in [1.82, 2.24) is 0 Å². The fraction of sp³-hybridized carbons (Fsp3) is 0.167. The first kappa shape index (κ1) is 18.8. The van der Waals surface area contributed by atoms with Crippen molar-refractivity contribution in [2.24, 2.45) is 0 Å². The molecule has 0 saturated heterocycles. The molecule has 1 N–H and O–H groups in total. The van der Waals surface area contributed by atoms with E-state index in [1.54, 1.807) is 49.4 Å². The maximum absolute atomic E-state index is 12.3. The third kappa shape index (κ3) is 4.99. The zero-order valence-electron chi connectivity index (χ0n) is 13.6. The lowest BCUT2D eigenvalue weighted by Crippen LogP contribution is -2.22. The zero-order valence-corrected chi connectivity index (χ0v) is 15.1. The molecule has 1 amide bonds. The number of ether oxygens (including phenoxy) is 1. The molecule has 0 aromatic heterocycles. The minimum Gasteiger partial charge on any atom is -0.465 e. The number of rotatable bonds is 5. The Balaban J connectivity index is 2.08. The zero-order chi connectivity index (χ0) is 18.4. The number of carbonyl (C=O) groups is 2. The SMILES string of the molecule is COC(=O)c1cc(S[C@H](C)C(=O)Nc2cccc(C#N)c2)ccc1Cl. The Hall–Kier alpha value is -2.49. The van der Waals surface area contributed by atoms with E-state index < -0.39 is 11.2 Å². The Morgan fingerprint density at radius 3 is 2.72 bits per heavy atom. The van der Waals surface area contributed by atoms with Crippen molar-refractivity contribution >= 4 is 40.9 Å². The van der Waals surface area contributed by atoms with Gasteiger partial charge < -0.3 is 10.1 Å². The highest BCUT2D eigenvalue weighted by Crippen LogP contribution is 2.28. The molecule has 0 aliphatic rings. The van der Waals surface area contributed by atoms with Crippen molar-refractivity contribution in [2.45, 2.75) is 17.1 Å². The minimum atomic E-state index is -0.530. The van der Waals surface area contributed by atoms with Gasteiger partial charge >= 0.3 is 5.97 Å². The first-order valence-electron chi connectivity index (χ1n) is 7.30. The molecule has 0 unspecified atom stereocenters. The molecule has 7 heteroatoms. The summed E-state index contributed by atoms with van der Waals surface area (Å²) in [5.41, 5.74) is 1.28. The van der Waals surface area contributed by atoms with Gasteiger partial charge in [-0.1, -0.05) is 17.7 Å². The molecule has 0 aliphatic carbocycles. The van der Waals surface area contributed by atoms with E-state index in [-0.39, 0.29) is 11.5 Å². The van der Waals surface area contributed by atoms with Crippen LogP contribution in [0, 0.1) is 11.3 Å². The molecule has 0 saturated carbocycles. The number of nitriles is 1. The lowest BCUT2D eigenvalue weighted by Gasteiger charge is -2.13. The fourth-order valence-corrected chi connectivity index (χ4v) is 3.11. The van der Waals surface area contributed by atoms with E-state index >= 15 is 0 Å². The van der Waals surface area contributed by atoms with E-state index in [1.165, 1.54) is 18.9 Å². The molecule has 0 heterocycles. The Bertz CT molecular complexity index is 848. The van der Waals surface area contributed by atoms with Crippen LogP contribution in [0.5, 0.6) is 0 Å². The number of halogens is 1. The van der Waals surface area contributed by atoms with Crippen molar-refractivity contribution in [3.63, 3.8) is 0 Å². The highest BCUT2D eigenvalue weighted by molar-refractivity contribution is 8.00. The monoisotopic (exact) mass is 374 g/mol. The number of hydrogen-bond acceptors (Lipinski definition) is 5. The van der Waals surface area contributed by atoms with Crippen LogP contribution in [-0.2, 0) is 9.53 Å². The maximum atomic E-state index is 12.3. The largest absolute Gasteiger partial charge is 0.465 e. The van der Waals surface area contributed by atoms with Crippen LogP contribution >= 0.6 is 23.4 Å². The van der Waals surface area contributed by atoms with E-state index in [0.717, 1.165) is 4.90 Å². The van der Waals surface area contributed by atoms with Crippen LogP contribution < -0.4 is 5.32 Å². The summed E-state index contributed by atoms with van der Waals surface area (Å²) >= 11 is 7.28. The van der Waals surface area contributed by atoms with Crippen LogP contribution in [0.15, 0.2) is 47.4 Å². The first-order chi connectivity index (χ1) is 11.9. The molecule has 25 heavy (non-hydrogen) atoms. The third-order valence-electron chi connectivity index (χ3n) is 3.28. The van der Waals surface area contributed by atoms with Crippen molar-refractivity contribution in [3.05, 3.63) is 58.6 Å². The summed E-state index contributed by atoms with van der Waals surface area (Å²) in [6.07, 6.45) is 0. The molecule has 2 aromatic rings. The fourth-order valence-electron chi connectivity index (χ4n) is 2.01. The Labute approximate surface area is 154 Å². The summed E-state index contributed by atoms with van der Waals surface area (Å²) in [6.45, 7) is 1.75. The summed E-state index contributed by atoms with van der Waals surface area (Å²) in [6, 6.07) is 13.6. The smallest absolute Gasteiger partial charge is 0.339 e. The predicted molar refractivity (Wildman–Crippen MR) is 97.9 cm³/mol. The molecule has 1 atom stereocenters. The van der Waals surface area contributed by atoms with Crippen molar-refractivity contribution in [2.75, 3.05) is 12.4 Å². The van der Waals surface area contributed by atoms with Gasteiger partial charge in [0.1, 0.15) is 0 Å². The van der Waals surface area contributed by atoms with Gasteiger partial charge in [0.05, 0.1) is 34.6 Å². The lowest BCUT2D eigenvalue weighted by atomic mass is 10.2. The number of esters is 1. The molecule has 0 bridgehead atoms. The van der Waals surface area contributed by atoms with Gasteiger partial charge in [-0.2, -0.15) is 5.26 Å². The summed E-state index contributed by atoms with van der Waals surface area (Å²) < 4.78 is 4.69.